The van der Waals surface area contributed by atoms with Crippen molar-refractivity contribution in [2.75, 3.05) is 0 Å². The van der Waals surface area contributed by atoms with Crippen molar-refractivity contribution in [2.24, 2.45) is 5.73 Å². The molecule has 1 aromatic heterocycles. The third-order valence-corrected chi connectivity index (χ3v) is 2.48. The minimum absolute atomic E-state index is 0.267. The first-order valence-electron chi connectivity index (χ1n) is 4.50. The van der Waals surface area contributed by atoms with Crippen LogP contribution in [0, 0.1) is 6.92 Å². The number of nitrogens with two attached hydrogens (primary N) is 1. The molecular formula is C10H10ClN3O. The second kappa shape index (κ2) is 4.00. The fourth-order valence-electron chi connectivity index (χ4n) is 1.18. The van der Waals surface area contributed by atoms with Crippen LogP contribution in [-0.2, 0) is 6.54 Å². The number of hydrogen-bond donors (Lipinski definition) is 1. The number of aromatic nitrogens is 2. The van der Waals surface area contributed by atoms with E-state index in [0.717, 1.165) is 11.1 Å². The van der Waals surface area contributed by atoms with Crippen LogP contribution >= 0.6 is 11.6 Å². The van der Waals surface area contributed by atoms with Crippen molar-refractivity contribution in [3.05, 3.63) is 34.6 Å². The highest BCUT2D eigenvalue weighted by atomic mass is 35.5. The molecule has 0 fully saturated rings. The molecule has 1 heterocycles. The van der Waals surface area contributed by atoms with E-state index in [0.29, 0.717) is 16.7 Å². The summed E-state index contributed by atoms with van der Waals surface area (Å²) in [5.41, 5.74) is 7.20. The summed E-state index contributed by atoms with van der Waals surface area (Å²) >= 11 is 5.99. The van der Waals surface area contributed by atoms with Gasteiger partial charge in [-0.2, -0.15) is 4.98 Å². The van der Waals surface area contributed by atoms with Crippen LogP contribution in [-0.4, -0.2) is 10.1 Å². The first-order chi connectivity index (χ1) is 7.20. The van der Waals surface area contributed by atoms with Crippen molar-refractivity contribution >= 4 is 11.6 Å². The van der Waals surface area contributed by atoms with E-state index in [1.165, 1.54) is 0 Å². The van der Waals surface area contributed by atoms with Gasteiger partial charge in [0.05, 0.1) is 6.54 Å². The number of halogens is 1. The largest absolute Gasteiger partial charge is 0.334 e. The minimum Gasteiger partial charge on any atom is -0.334 e. The van der Waals surface area contributed by atoms with Crippen molar-refractivity contribution in [3.8, 4) is 11.5 Å². The third kappa shape index (κ3) is 2.00. The highest BCUT2D eigenvalue weighted by molar-refractivity contribution is 6.31. The molecule has 2 N–H and O–H groups in total. The lowest BCUT2D eigenvalue weighted by Gasteiger charge is -1.98. The van der Waals surface area contributed by atoms with Gasteiger partial charge in [-0.3, -0.25) is 0 Å². The maximum atomic E-state index is 5.99. The molecule has 0 spiro atoms. The summed E-state index contributed by atoms with van der Waals surface area (Å²) in [4.78, 5) is 4.11. The van der Waals surface area contributed by atoms with Crippen molar-refractivity contribution in [1.82, 2.24) is 10.1 Å². The van der Waals surface area contributed by atoms with Crippen molar-refractivity contribution in [2.45, 2.75) is 13.5 Å². The zero-order chi connectivity index (χ0) is 10.8. The van der Waals surface area contributed by atoms with E-state index in [1.807, 2.05) is 19.1 Å². The van der Waals surface area contributed by atoms with E-state index >= 15 is 0 Å². The van der Waals surface area contributed by atoms with E-state index in [4.69, 9.17) is 21.9 Å². The van der Waals surface area contributed by atoms with E-state index in [-0.39, 0.29) is 6.54 Å². The topological polar surface area (TPSA) is 64.9 Å². The average Bonchev–Trinajstić information content (AvgIpc) is 2.70. The van der Waals surface area contributed by atoms with Crippen LogP contribution in [0.4, 0.5) is 0 Å². The lowest BCUT2D eigenvalue weighted by molar-refractivity contribution is 0.423. The maximum absolute atomic E-state index is 5.99. The Morgan fingerprint density at radius 2 is 2.27 bits per heavy atom. The average molecular weight is 224 g/mol. The molecule has 2 aromatic rings. The second-order valence-corrected chi connectivity index (χ2v) is 3.59. The highest BCUT2D eigenvalue weighted by Crippen LogP contribution is 2.23. The van der Waals surface area contributed by atoms with Crippen LogP contribution in [0.25, 0.3) is 11.5 Å². The van der Waals surface area contributed by atoms with Gasteiger partial charge in [-0.1, -0.05) is 22.8 Å². The predicted octanol–water partition coefficient (Wildman–Crippen LogP) is 2.16. The van der Waals surface area contributed by atoms with E-state index in [9.17, 15) is 0 Å². The molecule has 0 aliphatic heterocycles. The minimum atomic E-state index is 0.267. The number of aryl methyl sites for hydroxylation is 1. The smallest absolute Gasteiger partial charge is 0.258 e. The van der Waals surface area contributed by atoms with Crippen LogP contribution in [0.5, 0.6) is 0 Å². The van der Waals surface area contributed by atoms with Crippen molar-refractivity contribution in [3.63, 3.8) is 0 Å². The van der Waals surface area contributed by atoms with Gasteiger partial charge < -0.3 is 10.3 Å². The lowest BCUT2D eigenvalue weighted by atomic mass is 10.1. The Hall–Kier alpha value is -1.39. The molecule has 0 bridgehead atoms. The third-order valence-electron chi connectivity index (χ3n) is 2.07. The molecular weight excluding hydrogens is 214 g/mol. The molecule has 0 saturated heterocycles. The van der Waals surface area contributed by atoms with Gasteiger partial charge in [-0.15, -0.1) is 0 Å². The molecule has 0 atom stereocenters. The summed E-state index contributed by atoms with van der Waals surface area (Å²) in [5, 5.41) is 4.39. The molecule has 2 rings (SSSR count). The molecule has 0 radical (unpaired) electrons. The van der Waals surface area contributed by atoms with Gasteiger partial charge in [-0.05, 0) is 24.6 Å². The molecule has 78 valence electrons. The maximum Gasteiger partial charge on any atom is 0.258 e. The summed E-state index contributed by atoms with van der Waals surface area (Å²) in [6.07, 6.45) is 0. The Balaban J connectivity index is 2.40. The fraction of sp³-hybridized carbons (Fsp3) is 0.200. The van der Waals surface area contributed by atoms with Gasteiger partial charge in [0.1, 0.15) is 0 Å². The van der Waals surface area contributed by atoms with Gasteiger partial charge in [0, 0.05) is 10.6 Å². The standard InChI is InChI=1S/C10H10ClN3O/c1-6-2-3-7(4-8(6)11)10-13-9(5-12)14-15-10/h2-4H,5,12H2,1H3. The van der Waals surface area contributed by atoms with Crippen molar-refractivity contribution in [1.29, 1.82) is 0 Å². The molecule has 0 unspecified atom stereocenters. The Morgan fingerprint density at radius 3 is 2.87 bits per heavy atom. The van der Waals surface area contributed by atoms with Crippen LogP contribution in [0.15, 0.2) is 22.7 Å². The Labute approximate surface area is 92.0 Å². The monoisotopic (exact) mass is 223 g/mol. The molecule has 0 aliphatic rings. The van der Waals surface area contributed by atoms with Crippen LogP contribution < -0.4 is 5.73 Å². The number of nitrogens with zero attached hydrogens (tertiary/aromatic N) is 2. The summed E-state index contributed by atoms with van der Waals surface area (Å²) in [6.45, 7) is 2.20. The number of rotatable bonds is 2. The summed E-state index contributed by atoms with van der Waals surface area (Å²) in [6, 6.07) is 5.59. The SMILES string of the molecule is Cc1ccc(-c2nc(CN)no2)cc1Cl. The summed E-state index contributed by atoms with van der Waals surface area (Å²) < 4.78 is 5.04. The van der Waals surface area contributed by atoms with E-state index < -0.39 is 0 Å². The Kier molecular flexibility index (Phi) is 2.70. The van der Waals surface area contributed by atoms with Gasteiger partial charge in [0.25, 0.3) is 5.89 Å². The highest BCUT2D eigenvalue weighted by Gasteiger charge is 2.08. The molecule has 1 aromatic carbocycles. The van der Waals surface area contributed by atoms with Crippen LogP contribution in [0.2, 0.25) is 5.02 Å². The predicted molar refractivity (Wildman–Crippen MR) is 57.4 cm³/mol. The number of hydrogen-bond acceptors (Lipinski definition) is 4. The molecule has 5 heteroatoms. The lowest BCUT2D eigenvalue weighted by Crippen LogP contribution is -1.97. The molecule has 0 amide bonds. The first kappa shape index (κ1) is 10.1. The fourth-order valence-corrected chi connectivity index (χ4v) is 1.36. The molecule has 4 nitrogen and oxygen atoms in total. The van der Waals surface area contributed by atoms with Crippen LogP contribution in [0.1, 0.15) is 11.4 Å². The van der Waals surface area contributed by atoms with Gasteiger partial charge in [-0.25, -0.2) is 0 Å². The van der Waals surface area contributed by atoms with E-state index in [2.05, 4.69) is 10.1 Å². The Morgan fingerprint density at radius 1 is 1.47 bits per heavy atom. The summed E-state index contributed by atoms with van der Waals surface area (Å²) in [5.74, 6) is 0.930. The quantitative estimate of drug-likeness (QED) is 0.847. The van der Waals surface area contributed by atoms with E-state index in [1.54, 1.807) is 6.07 Å². The molecule has 15 heavy (non-hydrogen) atoms. The number of benzene rings is 1. The normalized spacial score (nSPS) is 10.6. The Bertz CT molecular complexity index is 481. The molecule has 0 aliphatic carbocycles. The zero-order valence-corrected chi connectivity index (χ0v) is 8.95. The van der Waals surface area contributed by atoms with Gasteiger partial charge in [0.15, 0.2) is 5.82 Å². The summed E-state index contributed by atoms with van der Waals surface area (Å²) in [7, 11) is 0. The first-order valence-corrected chi connectivity index (χ1v) is 4.87. The van der Waals surface area contributed by atoms with Gasteiger partial charge >= 0.3 is 0 Å². The molecule has 0 saturated carbocycles. The van der Waals surface area contributed by atoms with Crippen LogP contribution in [0.3, 0.4) is 0 Å². The van der Waals surface area contributed by atoms with Crippen molar-refractivity contribution < 1.29 is 4.52 Å². The second-order valence-electron chi connectivity index (χ2n) is 3.18. The zero-order valence-electron chi connectivity index (χ0n) is 8.20. The van der Waals surface area contributed by atoms with Gasteiger partial charge in [0.2, 0.25) is 0 Å².